The number of amides is 2. The van der Waals surface area contributed by atoms with Crippen LogP contribution in [-0.2, 0) is 9.59 Å². The molecular formula is C15H22N2O2. The van der Waals surface area contributed by atoms with Crippen molar-refractivity contribution in [3.8, 4) is 0 Å². The van der Waals surface area contributed by atoms with Crippen molar-refractivity contribution >= 4 is 11.8 Å². The van der Waals surface area contributed by atoms with E-state index in [-0.39, 0.29) is 17.7 Å². The number of likely N-dealkylation sites (tertiary alicyclic amines) is 1. The molecule has 1 heterocycles. The summed E-state index contributed by atoms with van der Waals surface area (Å²) in [6, 6.07) is 0.866. The molecule has 0 radical (unpaired) electrons. The van der Waals surface area contributed by atoms with Gasteiger partial charge < -0.3 is 10.2 Å². The SMILES string of the molecule is O=C(NC(C1CC1)C1CC1)[C@H]1CC(=O)N(C2CC2)C1. The van der Waals surface area contributed by atoms with Crippen LogP contribution in [-0.4, -0.2) is 35.3 Å². The van der Waals surface area contributed by atoms with Crippen LogP contribution in [0.3, 0.4) is 0 Å². The first-order chi connectivity index (χ1) is 9.22. The van der Waals surface area contributed by atoms with E-state index in [4.69, 9.17) is 0 Å². The highest BCUT2D eigenvalue weighted by atomic mass is 16.2. The molecule has 0 aromatic carbocycles. The average Bonchev–Trinajstić information content (AvgIpc) is 3.27. The first-order valence-corrected chi connectivity index (χ1v) is 7.82. The van der Waals surface area contributed by atoms with Crippen LogP contribution in [0.2, 0.25) is 0 Å². The number of rotatable bonds is 5. The summed E-state index contributed by atoms with van der Waals surface area (Å²) in [5, 5.41) is 3.27. The van der Waals surface area contributed by atoms with E-state index in [1.54, 1.807) is 0 Å². The summed E-state index contributed by atoms with van der Waals surface area (Å²) in [6.45, 7) is 0.664. The third-order valence-electron chi connectivity index (χ3n) is 5.09. The zero-order chi connectivity index (χ0) is 13.0. The smallest absolute Gasteiger partial charge is 0.225 e. The summed E-state index contributed by atoms with van der Waals surface area (Å²) in [5.74, 6) is 1.70. The summed E-state index contributed by atoms with van der Waals surface area (Å²) in [4.78, 5) is 26.2. The third kappa shape index (κ3) is 2.37. The minimum atomic E-state index is -0.0897. The Labute approximate surface area is 113 Å². The van der Waals surface area contributed by atoms with Gasteiger partial charge in [-0.1, -0.05) is 0 Å². The maximum absolute atomic E-state index is 12.4. The lowest BCUT2D eigenvalue weighted by Gasteiger charge is -2.20. The molecule has 1 atom stereocenters. The van der Waals surface area contributed by atoms with Gasteiger partial charge in [-0.15, -0.1) is 0 Å². The first-order valence-electron chi connectivity index (χ1n) is 7.82. The molecule has 4 nitrogen and oxygen atoms in total. The molecule has 0 unspecified atom stereocenters. The van der Waals surface area contributed by atoms with Gasteiger partial charge in [0.25, 0.3) is 0 Å². The van der Waals surface area contributed by atoms with Gasteiger partial charge in [0.15, 0.2) is 0 Å². The fourth-order valence-electron chi connectivity index (χ4n) is 3.46. The van der Waals surface area contributed by atoms with Crippen molar-refractivity contribution in [1.29, 1.82) is 0 Å². The second-order valence-corrected chi connectivity index (χ2v) is 6.89. The molecule has 0 spiro atoms. The number of carbonyl (C=O) groups is 2. The molecule has 1 N–H and O–H groups in total. The zero-order valence-corrected chi connectivity index (χ0v) is 11.3. The van der Waals surface area contributed by atoms with Crippen molar-refractivity contribution in [1.82, 2.24) is 10.2 Å². The van der Waals surface area contributed by atoms with Gasteiger partial charge in [0.05, 0.1) is 5.92 Å². The van der Waals surface area contributed by atoms with E-state index in [0.29, 0.717) is 25.0 Å². The molecule has 2 amide bonds. The molecule has 0 aromatic rings. The molecule has 1 saturated heterocycles. The molecule has 104 valence electrons. The first kappa shape index (κ1) is 11.7. The van der Waals surface area contributed by atoms with Crippen molar-refractivity contribution in [2.75, 3.05) is 6.54 Å². The second-order valence-electron chi connectivity index (χ2n) is 6.89. The third-order valence-corrected chi connectivity index (χ3v) is 5.09. The van der Waals surface area contributed by atoms with Gasteiger partial charge in [0.1, 0.15) is 0 Å². The Morgan fingerprint density at radius 1 is 1.11 bits per heavy atom. The topological polar surface area (TPSA) is 49.4 Å². The van der Waals surface area contributed by atoms with Crippen molar-refractivity contribution in [2.45, 2.75) is 57.0 Å². The Morgan fingerprint density at radius 2 is 1.74 bits per heavy atom. The molecule has 0 aromatic heterocycles. The second kappa shape index (κ2) is 4.22. The molecule has 3 saturated carbocycles. The highest BCUT2D eigenvalue weighted by Crippen LogP contribution is 2.44. The van der Waals surface area contributed by atoms with Crippen LogP contribution in [0.4, 0.5) is 0 Å². The van der Waals surface area contributed by atoms with Gasteiger partial charge in [-0.2, -0.15) is 0 Å². The number of nitrogens with one attached hydrogen (secondary N) is 1. The molecule has 4 heteroatoms. The van der Waals surface area contributed by atoms with Gasteiger partial charge in [0, 0.05) is 25.0 Å². The van der Waals surface area contributed by atoms with Crippen molar-refractivity contribution in [3.63, 3.8) is 0 Å². The summed E-state index contributed by atoms with van der Waals surface area (Å²) < 4.78 is 0. The van der Waals surface area contributed by atoms with Crippen LogP contribution in [0.5, 0.6) is 0 Å². The quantitative estimate of drug-likeness (QED) is 0.812. The maximum Gasteiger partial charge on any atom is 0.225 e. The zero-order valence-electron chi connectivity index (χ0n) is 11.3. The van der Waals surface area contributed by atoms with E-state index < -0.39 is 0 Å². The number of hydrogen-bond acceptors (Lipinski definition) is 2. The lowest BCUT2D eigenvalue weighted by atomic mass is 10.0. The van der Waals surface area contributed by atoms with Gasteiger partial charge in [0.2, 0.25) is 11.8 Å². The van der Waals surface area contributed by atoms with Crippen LogP contribution in [0.1, 0.15) is 44.9 Å². The Morgan fingerprint density at radius 3 is 2.26 bits per heavy atom. The van der Waals surface area contributed by atoms with Gasteiger partial charge >= 0.3 is 0 Å². The number of hydrogen-bond donors (Lipinski definition) is 1. The van der Waals surface area contributed by atoms with Crippen molar-refractivity contribution in [3.05, 3.63) is 0 Å². The van der Waals surface area contributed by atoms with E-state index >= 15 is 0 Å². The molecule has 19 heavy (non-hydrogen) atoms. The van der Waals surface area contributed by atoms with E-state index in [0.717, 1.165) is 24.7 Å². The summed E-state index contributed by atoms with van der Waals surface area (Å²) in [6.07, 6.45) is 7.81. The summed E-state index contributed by atoms with van der Waals surface area (Å²) in [7, 11) is 0. The standard InChI is InChI=1S/C15H22N2O2/c18-13-7-11(8-17(13)12-5-6-12)15(19)16-14(9-1-2-9)10-3-4-10/h9-12,14H,1-8H2,(H,16,19)/t11-/m0/s1. The van der Waals surface area contributed by atoms with Crippen LogP contribution < -0.4 is 5.32 Å². The lowest BCUT2D eigenvalue weighted by Crippen LogP contribution is -2.42. The van der Waals surface area contributed by atoms with Crippen LogP contribution >= 0.6 is 0 Å². The molecule has 4 fully saturated rings. The minimum absolute atomic E-state index is 0.0897. The fourth-order valence-corrected chi connectivity index (χ4v) is 3.46. The monoisotopic (exact) mass is 262 g/mol. The minimum Gasteiger partial charge on any atom is -0.353 e. The average molecular weight is 262 g/mol. The Kier molecular flexibility index (Phi) is 2.61. The van der Waals surface area contributed by atoms with E-state index in [1.807, 2.05) is 4.90 Å². The molecule has 0 bridgehead atoms. The predicted molar refractivity (Wildman–Crippen MR) is 70.2 cm³/mol. The van der Waals surface area contributed by atoms with Gasteiger partial charge in [-0.3, -0.25) is 9.59 Å². The van der Waals surface area contributed by atoms with Crippen LogP contribution in [0.15, 0.2) is 0 Å². The fraction of sp³-hybridized carbons (Fsp3) is 0.867. The normalized spacial score (nSPS) is 31.1. The number of carbonyl (C=O) groups excluding carboxylic acids is 2. The highest BCUT2D eigenvalue weighted by Gasteiger charge is 2.45. The molecular weight excluding hydrogens is 240 g/mol. The van der Waals surface area contributed by atoms with Crippen molar-refractivity contribution < 1.29 is 9.59 Å². The highest BCUT2D eigenvalue weighted by molar-refractivity contribution is 5.89. The number of nitrogens with zero attached hydrogens (tertiary/aromatic N) is 1. The largest absolute Gasteiger partial charge is 0.353 e. The Bertz CT molecular complexity index is 398. The van der Waals surface area contributed by atoms with Gasteiger partial charge in [-0.25, -0.2) is 0 Å². The van der Waals surface area contributed by atoms with E-state index in [9.17, 15) is 9.59 Å². The lowest BCUT2D eigenvalue weighted by molar-refractivity contribution is -0.129. The maximum atomic E-state index is 12.4. The summed E-state index contributed by atoms with van der Waals surface area (Å²) >= 11 is 0. The Hall–Kier alpha value is -1.06. The van der Waals surface area contributed by atoms with Crippen molar-refractivity contribution in [2.24, 2.45) is 17.8 Å². The molecule has 1 aliphatic heterocycles. The molecule has 4 aliphatic rings. The van der Waals surface area contributed by atoms with Crippen LogP contribution in [0.25, 0.3) is 0 Å². The molecule has 3 aliphatic carbocycles. The van der Waals surface area contributed by atoms with E-state index in [2.05, 4.69) is 5.32 Å². The van der Waals surface area contributed by atoms with E-state index in [1.165, 1.54) is 25.7 Å². The van der Waals surface area contributed by atoms with Gasteiger partial charge in [-0.05, 0) is 50.4 Å². The Balaban J connectivity index is 1.36. The predicted octanol–water partition coefficient (Wildman–Crippen LogP) is 1.30. The molecule has 4 rings (SSSR count). The van der Waals surface area contributed by atoms with Crippen LogP contribution in [0, 0.1) is 17.8 Å². The summed E-state index contributed by atoms with van der Waals surface area (Å²) in [5.41, 5.74) is 0.